The molecule has 0 fully saturated rings. The van der Waals surface area contributed by atoms with Crippen LogP contribution in [-0.2, 0) is 0 Å². The molecule has 0 spiro atoms. The number of rotatable bonds is 3. The number of ether oxygens (including phenoxy) is 1. The molecule has 3 N–H and O–H groups in total. The molecule has 0 saturated carbocycles. The van der Waals surface area contributed by atoms with Crippen LogP contribution in [0.2, 0.25) is 0 Å². The normalized spacial score (nSPS) is 10.3. The minimum absolute atomic E-state index is 0.159. The van der Waals surface area contributed by atoms with E-state index in [1.165, 1.54) is 18.2 Å². The summed E-state index contributed by atoms with van der Waals surface area (Å²) in [7, 11) is 0. The lowest BCUT2D eigenvalue weighted by molar-refractivity contribution is 0.0693. The molecule has 20 heavy (non-hydrogen) atoms. The molecule has 0 radical (unpaired) electrons. The first-order valence-corrected chi connectivity index (χ1v) is 7.46. The Morgan fingerprint density at radius 3 is 2.30 bits per heavy atom. The molecule has 7 heteroatoms. The summed E-state index contributed by atoms with van der Waals surface area (Å²) in [5, 5.41) is 28.0. The van der Waals surface area contributed by atoms with E-state index in [1.54, 1.807) is 12.1 Å². The molecule has 2 aromatic carbocycles. The maximum absolute atomic E-state index is 10.8. The van der Waals surface area contributed by atoms with E-state index in [9.17, 15) is 15.0 Å². The van der Waals surface area contributed by atoms with E-state index in [0.29, 0.717) is 18.6 Å². The Bertz CT molecular complexity index is 685. The first kappa shape index (κ1) is 15.2. The van der Waals surface area contributed by atoms with Crippen molar-refractivity contribution in [3.63, 3.8) is 0 Å². The van der Waals surface area contributed by atoms with Crippen molar-refractivity contribution in [2.24, 2.45) is 0 Å². The van der Waals surface area contributed by atoms with E-state index in [0.717, 1.165) is 0 Å². The van der Waals surface area contributed by atoms with Crippen LogP contribution < -0.4 is 4.74 Å². The summed E-state index contributed by atoms with van der Waals surface area (Å²) in [4.78, 5) is 10.8. The zero-order chi connectivity index (χ0) is 14.9. The third kappa shape index (κ3) is 3.26. The lowest BCUT2D eigenvalue weighted by atomic mass is 10.2. The monoisotopic (exact) mass is 498 g/mol. The average Bonchev–Trinajstić information content (AvgIpc) is 2.35. The Morgan fingerprint density at radius 1 is 1.00 bits per heavy atom. The molecule has 0 aliphatic carbocycles. The topological polar surface area (TPSA) is 87.0 Å². The van der Waals surface area contributed by atoms with Crippen molar-refractivity contribution in [3.05, 3.63) is 43.0 Å². The molecule has 0 aliphatic heterocycles. The highest BCUT2D eigenvalue weighted by molar-refractivity contribution is 14.1. The van der Waals surface area contributed by atoms with E-state index in [2.05, 4.69) is 0 Å². The number of carboxylic acid groups (broad SMARTS) is 1. The Morgan fingerprint density at radius 2 is 1.70 bits per heavy atom. The van der Waals surface area contributed by atoms with Gasteiger partial charge in [-0.3, -0.25) is 0 Å². The number of carboxylic acids is 1. The zero-order valence-corrected chi connectivity index (χ0v) is 14.1. The van der Waals surface area contributed by atoms with E-state index in [4.69, 9.17) is 9.84 Å². The fourth-order valence-corrected chi connectivity index (χ4v) is 2.48. The lowest BCUT2D eigenvalue weighted by Gasteiger charge is -2.10. The van der Waals surface area contributed by atoms with E-state index in [1.807, 2.05) is 45.2 Å². The summed E-state index contributed by atoms with van der Waals surface area (Å²) < 4.78 is 6.91. The Kier molecular flexibility index (Phi) is 4.58. The Balaban J connectivity index is 2.33. The van der Waals surface area contributed by atoms with Crippen molar-refractivity contribution >= 4 is 51.2 Å². The highest BCUT2D eigenvalue weighted by Gasteiger charge is 2.12. The lowest BCUT2D eigenvalue weighted by Crippen LogP contribution is -1.97. The van der Waals surface area contributed by atoms with Crippen molar-refractivity contribution in [1.29, 1.82) is 0 Å². The number of phenolic OH excluding ortho intramolecular Hbond substituents is 1. The third-order valence-electron chi connectivity index (χ3n) is 2.43. The second kappa shape index (κ2) is 6.04. The van der Waals surface area contributed by atoms with Gasteiger partial charge in [0.05, 0.1) is 7.14 Å². The van der Waals surface area contributed by atoms with Crippen LogP contribution in [0.3, 0.4) is 0 Å². The van der Waals surface area contributed by atoms with Gasteiger partial charge in [0, 0.05) is 6.07 Å². The molecule has 0 saturated heterocycles. The van der Waals surface area contributed by atoms with Crippen LogP contribution >= 0.6 is 45.2 Å². The van der Waals surface area contributed by atoms with E-state index < -0.39 is 5.97 Å². The molecule has 0 atom stereocenters. The van der Waals surface area contributed by atoms with Crippen molar-refractivity contribution in [2.75, 3.05) is 0 Å². The number of aromatic hydroxyl groups is 2. The Hall–Kier alpha value is -1.23. The van der Waals surface area contributed by atoms with Gasteiger partial charge < -0.3 is 20.1 Å². The fraction of sp³-hybridized carbons (Fsp3) is 0. The van der Waals surface area contributed by atoms with Crippen LogP contribution in [0.25, 0.3) is 0 Å². The van der Waals surface area contributed by atoms with Gasteiger partial charge in [0.2, 0.25) is 0 Å². The van der Waals surface area contributed by atoms with Gasteiger partial charge >= 0.3 is 5.97 Å². The van der Waals surface area contributed by atoms with Gasteiger partial charge in [0.25, 0.3) is 0 Å². The largest absolute Gasteiger partial charge is 0.507 e. The maximum atomic E-state index is 10.8. The van der Waals surface area contributed by atoms with Crippen LogP contribution in [0.1, 0.15) is 10.4 Å². The van der Waals surface area contributed by atoms with Gasteiger partial charge in [-0.2, -0.15) is 0 Å². The summed E-state index contributed by atoms with van der Waals surface area (Å²) in [6, 6.07) is 7.17. The third-order valence-corrected chi connectivity index (χ3v) is 4.14. The molecule has 5 nitrogen and oxygen atoms in total. The predicted octanol–water partition coefficient (Wildman–Crippen LogP) is 3.80. The predicted molar refractivity (Wildman–Crippen MR) is 88.7 cm³/mol. The van der Waals surface area contributed by atoms with Crippen LogP contribution in [0.15, 0.2) is 30.3 Å². The zero-order valence-electron chi connectivity index (χ0n) is 9.80. The van der Waals surface area contributed by atoms with Gasteiger partial charge in [0.1, 0.15) is 28.6 Å². The number of phenols is 2. The molecular formula is C13H8I2O5. The molecular weight excluding hydrogens is 490 g/mol. The standard InChI is InChI=1S/C13H8I2O5/c14-8-5-12(9(15)4-11(8)17)20-6-1-2-7(13(18)19)10(16)3-6/h1-5,16-17H,(H,18,19). The highest BCUT2D eigenvalue weighted by atomic mass is 127. The molecule has 104 valence electrons. The second-order valence-electron chi connectivity index (χ2n) is 3.82. The molecule has 0 aliphatic rings. The van der Waals surface area contributed by atoms with Crippen molar-refractivity contribution in [1.82, 2.24) is 0 Å². The molecule has 0 aromatic heterocycles. The van der Waals surface area contributed by atoms with Crippen LogP contribution in [0, 0.1) is 7.14 Å². The second-order valence-corrected chi connectivity index (χ2v) is 6.14. The van der Waals surface area contributed by atoms with Gasteiger partial charge in [-0.25, -0.2) is 4.79 Å². The van der Waals surface area contributed by atoms with Crippen LogP contribution in [0.5, 0.6) is 23.0 Å². The van der Waals surface area contributed by atoms with Gasteiger partial charge in [-0.15, -0.1) is 0 Å². The van der Waals surface area contributed by atoms with Crippen molar-refractivity contribution in [2.45, 2.75) is 0 Å². The smallest absolute Gasteiger partial charge is 0.339 e. The Labute approximate surface area is 141 Å². The summed E-state index contributed by atoms with van der Waals surface area (Å²) >= 11 is 3.98. The quantitative estimate of drug-likeness (QED) is 0.561. The van der Waals surface area contributed by atoms with Crippen LogP contribution in [-0.4, -0.2) is 21.3 Å². The summed E-state index contributed by atoms with van der Waals surface area (Å²) in [6.07, 6.45) is 0. The van der Waals surface area contributed by atoms with E-state index in [-0.39, 0.29) is 17.1 Å². The SMILES string of the molecule is O=C(O)c1ccc(Oc2cc(I)c(O)cc2I)cc1O. The summed E-state index contributed by atoms with van der Waals surface area (Å²) in [5.74, 6) is -0.588. The molecule has 0 heterocycles. The van der Waals surface area contributed by atoms with Crippen LogP contribution in [0.4, 0.5) is 0 Å². The number of carbonyl (C=O) groups is 1. The van der Waals surface area contributed by atoms with Gasteiger partial charge in [-0.1, -0.05) is 0 Å². The first-order valence-electron chi connectivity index (χ1n) is 5.30. The first-order chi connectivity index (χ1) is 9.38. The fourth-order valence-electron chi connectivity index (χ4n) is 1.48. The number of hydrogen-bond donors (Lipinski definition) is 3. The summed E-state index contributed by atoms with van der Waals surface area (Å²) in [6.45, 7) is 0. The number of halogens is 2. The molecule has 0 bridgehead atoms. The van der Waals surface area contributed by atoms with Gasteiger partial charge in [0.15, 0.2) is 0 Å². The highest BCUT2D eigenvalue weighted by Crippen LogP contribution is 2.34. The van der Waals surface area contributed by atoms with E-state index >= 15 is 0 Å². The molecule has 0 unspecified atom stereocenters. The van der Waals surface area contributed by atoms with Crippen molar-refractivity contribution in [3.8, 4) is 23.0 Å². The van der Waals surface area contributed by atoms with Gasteiger partial charge in [-0.05, 0) is 69.4 Å². The molecule has 2 rings (SSSR count). The summed E-state index contributed by atoms with van der Waals surface area (Å²) in [5.41, 5.74) is -0.188. The van der Waals surface area contributed by atoms with Crippen molar-refractivity contribution < 1.29 is 24.9 Å². The molecule has 0 amide bonds. The maximum Gasteiger partial charge on any atom is 0.339 e. The minimum atomic E-state index is -1.21. The minimum Gasteiger partial charge on any atom is -0.507 e. The number of hydrogen-bond acceptors (Lipinski definition) is 4. The number of benzene rings is 2. The average molecular weight is 498 g/mol. The number of aromatic carboxylic acids is 1. The molecule has 2 aromatic rings.